The molecule has 0 saturated carbocycles. The van der Waals surface area contributed by atoms with Crippen LogP contribution in [-0.4, -0.2) is 29.6 Å². The highest BCUT2D eigenvalue weighted by Crippen LogP contribution is 2.37. The molecule has 1 unspecified atom stereocenters. The third-order valence-corrected chi connectivity index (χ3v) is 5.05. The molecule has 0 N–H and O–H groups in total. The molecule has 1 aliphatic rings. The van der Waals surface area contributed by atoms with Crippen molar-refractivity contribution in [2.45, 2.75) is 9.71 Å². The van der Waals surface area contributed by atoms with Gasteiger partial charge >= 0.3 is 0 Å². The third-order valence-electron chi connectivity index (χ3n) is 1.27. The molecule has 1 saturated heterocycles. The number of hydrogen-bond acceptors (Lipinski definition) is 2. The van der Waals surface area contributed by atoms with E-state index < -0.39 is 19.5 Å². The lowest BCUT2D eigenvalue weighted by atomic mass is 10.3. The number of rotatable bonds is 0. The van der Waals surface area contributed by atoms with Crippen LogP contribution in [0.3, 0.4) is 0 Å². The van der Waals surface area contributed by atoms with Crippen LogP contribution in [0.15, 0.2) is 0 Å². The molecule has 10 heavy (non-hydrogen) atoms. The quantitative estimate of drug-likeness (QED) is 0.578. The molecule has 1 rings (SSSR count). The van der Waals surface area contributed by atoms with E-state index in [1.54, 1.807) is 0 Å². The summed E-state index contributed by atoms with van der Waals surface area (Å²) in [5.74, 6) is -0.362. The van der Waals surface area contributed by atoms with Gasteiger partial charge in [-0.25, -0.2) is 8.42 Å². The van der Waals surface area contributed by atoms with Gasteiger partial charge in [-0.2, -0.15) is 0 Å². The summed E-state index contributed by atoms with van der Waals surface area (Å²) in [5, 5.41) is -0.680. The van der Waals surface area contributed by atoms with Crippen LogP contribution in [0.5, 0.6) is 0 Å². The molecule has 60 valence electrons. The van der Waals surface area contributed by atoms with Crippen LogP contribution in [-0.2, 0) is 9.84 Å². The van der Waals surface area contributed by atoms with Gasteiger partial charge < -0.3 is 0 Å². The lowest BCUT2D eigenvalue weighted by Gasteiger charge is -2.11. The number of halogens is 3. The highest BCUT2D eigenvalue weighted by atomic mass is 35.5. The maximum atomic E-state index is 10.8. The largest absolute Gasteiger partial charge is 0.229 e. The van der Waals surface area contributed by atoms with Gasteiger partial charge in [-0.05, 0) is 0 Å². The van der Waals surface area contributed by atoms with Gasteiger partial charge in [0.05, 0.1) is 16.9 Å². The van der Waals surface area contributed by atoms with E-state index in [2.05, 4.69) is 0 Å². The Kier molecular flexibility index (Phi) is 2.14. The van der Waals surface area contributed by atoms with Crippen molar-refractivity contribution in [2.24, 2.45) is 0 Å². The molecule has 2 nitrogen and oxygen atoms in total. The van der Waals surface area contributed by atoms with Gasteiger partial charge in [0.1, 0.15) is 4.33 Å². The molecule has 1 heterocycles. The summed E-state index contributed by atoms with van der Waals surface area (Å²) in [4.78, 5) is 0. The van der Waals surface area contributed by atoms with Crippen LogP contribution >= 0.6 is 34.8 Å². The Morgan fingerprint density at radius 2 is 1.90 bits per heavy atom. The predicted octanol–water partition coefficient (Wildman–Crippen LogP) is 1.20. The molecular weight excluding hydrogens is 218 g/mol. The van der Waals surface area contributed by atoms with E-state index in [-0.39, 0.29) is 11.5 Å². The van der Waals surface area contributed by atoms with E-state index in [0.29, 0.717) is 0 Å². The Bertz CT molecular complexity index is 233. The van der Waals surface area contributed by atoms with Crippen molar-refractivity contribution in [3.63, 3.8) is 0 Å². The molecular formula is C4H5Cl3O2S. The van der Waals surface area contributed by atoms with Crippen molar-refractivity contribution in [3.8, 4) is 0 Å². The van der Waals surface area contributed by atoms with Crippen molar-refractivity contribution >= 4 is 44.6 Å². The average molecular weight is 224 g/mol. The first-order chi connectivity index (χ1) is 4.33. The fourth-order valence-corrected chi connectivity index (χ4v) is 4.50. The minimum absolute atomic E-state index is 0.123. The van der Waals surface area contributed by atoms with Crippen molar-refractivity contribution < 1.29 is 8.42 Å². The van der Waals surface area contributed by atoms with Crippen molar-refractivity contribution in [1.82, 2.24) is 0 Å². The van der Waals surface area contributed by atoms with Crippen molar-refractivity contribution in [2.75, 3.05) is 11.5 Å². The van der Waals surface area contributed by atoms with Crippen LogP contribution in [0.1, 0.15) is 0 Å². The monoisotopic (exact) mass is 222 g/mol. The van der Waals surface area contributed by atoms with E-state index in [1.807, 2.05) is 0 Å². The molecule has 0 aromatic carbocycles. The van der Waals surface area contributed by atoms with Crippen LogP contribution in [0.25, 0.3) is 0 Å². The molecule has 0 radical (unpaired) electrons. The number of alkyl halides is 3. The van der Waals surface area contributed by atoms with Crippen LogP contribution in [0.4, 0.5) is 0 Å². The summed E-state index contributed by atoms with van der Waals surface area (Å²) in [5.41, 5.74) is 0. The molecule has 1 atom stereocenters. The van der Waals surface area contributed by atoms with Gasteiger partial charge in [0.15, 0.2) is 9.84 Å². The smallest absolute Gasteiger partial charge is 0.154 e. The molecule has 0 spiro atoms. The highest BCUT2D eigenvalue weighted by Gasteiger charge is 2.47. The molecule has 0 aliphatic carbocycles. The molecule has 0 amide bonds. The van der Waals surface area contributed by atoms with Crippen LogP contribution in [0.2, 0.25) is 0 Å². The molecule has 0 aromatic rings. The van der Waals surface area contributed by atoms with Gasteiger partial charge in [-0.3, -0.25) is 0 Å². The summed E-state index contributed by atoms with van der Waals surface area (Å²) >= 11 is 16.7. The summed E-state index contributed by atoms with van der Waals surface area (Å²) in [6.45, 7) is 0. The second-order valence-electron chi connectivity index (χ2n) is 2.28. The van der Waals surface area contributed by atoms with E-state index in [1.165, 1.54) is 0 Å². The number of hydrogen-bond donors (Lipinski definition) is 0. The summed E-state index contributed by atoms with van der Waals surface area (Å²) in [7, 11) is -3.10. The van der Waals surface area contributed by atoms with Crippen molar-refractivity contribution in [3.05, 3.63) is 0 Å². The lowest BCUT2D eigenvalue weighted by molar-refractivity contribution is 0.602. The Morgan fingerprint density at radius 3 is 2.00 bits per heavy atom. The average Bonchev–Trinajstić information content (AvgIpc) is 1.73. The van der Waals surface area contributed by atoms with Crippen LogP contribution in [0, 0.1) is 0 Å². The Balaban J connectivity index is 2.92. The Morgan fingerprint density at radius 1 is 1.40 bits per heavy atom. The number of sulfone groups is 1. The van der Waals surface area contributed by atoms with E-state index in [4.69, 9.17) is 34.8 Å². The molecule has 1 fully saturated rings. The van der Waals surface area contributed by atoms with Gasteiger partial charge in [0, 0.05) is 0 Å². The zero-order valence-corrected chi connectivity index (χ0v) is 7.93. The first-order valence-electron chi connectivity index (χ1n) is 2.56. The SMILES string of the molecule is O=S1(=O)CC(Cl)C(Cl)(Cl)C1. The zero-order chi connectivity index (χ0) is 7.99. The minimum Gasteiger partial charge on any atom is -0.229 e. The predicted molar refractivity (Wildman–Crippen MR) is 42.7 cm³/mol. The van der Waals surface area contributed by atoms with Gasteiger partial charge in [-0.15, -0.1) is 11.6 Å². The fourth-order valence-electron chi connectivity index (χ4n) is 0.787. The van der Waals surface area contributed by atoms with E-state index in [0.717, 1.165) is 0 Å². The van der Waals surface area contributed by atoms with E-state index in [9.17, 15) is 8.42 Å². The fraction of sp³-hybridized carbons (Fsp3) is 1.00. The standard InChI is InChI=1S/C4H5Cl3O2S/c5-3-1-10(8,9)2-4(3,6)7/h3H,1-2H2. The second-order valence-corrected chi connectivity index (χ2v) is 6.46. The normalized spacial score (nSPS) is 36.1. The summed E-state index contributed by atoms with van der Waals surface area (Å²) < 4.78 is 20.3. The summed E-state index contributed by atoms with van der Waals surface area (Å²) in [6, 6.07) is 0. The maximum absolute atomic E-state index is 10.8. The van der Waals surface area contributed by atoms with E-state index >= 15 is 0 Å². The maximum Gasteiger partial charge on any atom is 0.154 e. The Hall–Kier alpha value is 0.820. The van der Waals surface area contributed by atoms with Gasteiger partial charge in [-0.1, -0.05) is 23.2 Å². The lowest BCUT2D eigenvalue weighted by Crippen LogP contribution is -2.23. The first kappa shape index (κ1) is 8.91. The third kappa shape index (κ3) is 1.70. The van der Waals surface area contributed by atoms with Crippen LogP contribution < -0.4 is 0 Å². The molecule has 0 aromatic heterocycles. The summed E-state index contributed by atoms with van der Waals surface area (Å²) in [6.07, 6.45) is 0. The molecule has 0 bridgehead atoms. The van der Waals surface area contributed by atoms with Gasteiger partial charge in [0.2, 0.25) is 0 Å². The topological polar surface area (TPSA) is 34.1 Å². The minimum atomic E-state index is -3.10. The van der Waals surface area contributed by atoms with Crippen molar-refractivity contribution in [1.29, 1.82) is 0 Å². The molecule has 1 aliphatic heterocycles. The zero-order valence-electron chi connectivity index (χ0n) is 4.85. The van der Waals surface area contributed by atoms with Gasteiger partial charge in [0.25, 0.3) is 0 Å². The second kappa shape index (κ2) is 2.41. The highest BCUT2D eigenvalue weighted by molar-refractivity contribution is 7.92. The molecule has 6 heteroatoms. The Labute approximate surface area is 74.4 Å². The first-order valence-corrected chi connectivity index (χ1v) is 5.57.